The van der Waals surface area contributed by atoms with Gasteiger partial charge in [0.1, 0.15) is 0 Å². The fraction of sp³-hybridized carbons (Fsp3) is 0.400. The minimum atomic E-state index is -3.83. The zero-order valence-electron chi connectivity index (χ0n) is 8.64. The van der Waals surface area contributed by atoms with E-state index in [1.807, 2.05) is 30.3 Å². The van der Waals surface area contributed by atoms with E-state index >= 15 is 0 Å². The molecule has 0 unspecified atom stereocenters. The van der Waals surface area contributed by atoms with E-state index < -0.39 is 10.1 Å². The van der Waals surface area contributed by atoms with Crippen molar-refractivity contribution in [2.45, 2.75) is 10.5 Å². The molecule has 0 bridgehead atoms. The Balaban J connectivity index is 2.29. The van der Waals surface area contributed by atoms with Crippen LogP contribution >= 0.6 is 22.6 Å². The summed E-state index contributed by atoms with van der Waals surface area (Å²) in [6.45, 7) is 0.558. The minimum Gasteiger partial charge on any atom is -0.302 e. The lowest BCUT2D eigenvalue weighted by molar-refractivity contribution is 0.479. The second-order valence-electron chi connectivity index (χ2n) is 3.37. The molecule has 0 saturated heterocycles. The van der Waals surface area contributed by atoms with Gasteiger partial charge >= 0.3 is 0 Å². The van der Waals surface area contributed by atoms with Crippen LogP contribution in [-0.4, -0.2) is 25.3 Å². The van der Waals surface area contributed by atoms with Gasteiger partial charge in [-0.1, -0.05) is 52.9 Å². The van der Waals surface area contributed by atoms with Crippen LogP contribution in [-0.2, 0) is 10.1 Å². The van der Waals surface area contributed by atoms with Crippen LogP contribution in [0.1, 0.15) is 16.0 Å². The van der Waals surface area contributed by atoms with Gasteiger partial charge < -0.3 is 5.32 Å². The van der Waals surface area contributed by atoms with E-state index in [4.69, 9.17) is 4.55 Å². The summed E-state index contributed by atoms with van der Waals surface area (Å²) < 4.78 is 29.6. The Hall–Kier alpha value is -0.180. The molecule has 1 aromatic carbocycles. The molecule has 0 radical (unpaired) electrons. The zero-order chi connectivity index (χ0) is 12.0. The summed E-state index contributed by atoms with van der Waals surface area (Å²) in [6.07, 6.45) is 0.408. The van der Waals surface area contributed by atoms with Gasteiger partial charge in [0.05, 0.1) is 9.80 Å². The van der Waals surface area contributed by atoms with E-state index in [1.165, 1.54) is 0 Å². The quantitative estimate of drug-likeness (QED) is 0.269. The first-order chi connectivity index (χ1) is 7.49. The van der Waals surface area contributed by atoms with E-state index in [1.54, 1.807) is 0 Å². The SMILES string of the molecule is O=S(=O)(O)CCCN[C@H](I)c1ccccc1. The largest absolute Gasteiger partial charge is 0.302 e. The number of nitrogens with one attached hydrogen (secondary N) is 1. The van der Waals surface area contributed by atoms with Gasteiger partial charge in [-0.25, -0.2) is 0 Å². The van der Waals surface area contributed by atoms with Crippen LogP contribution in [0.25, 0.3) is 0 Å². The summed E-state index contributed by atoms with van der Waals surface area (Å²) in [7, 11) is -3.83. The van der Waals surface area contributed by atoms with Crippen LogP contribution < -0.4 is 5.32 Å². The van der Waals surface area contributed by atoms with Crippen molar-refractivity contribution in [3.05, 3.63) is 35.9 Å². The number of hydrogen-bond acceptors (Lipinski definition) is 3. The Morgan fingerprint density at radius 3 is 2.50 bits per heavy atom. The summed E-state index contributed by atoms with van der Waals surface area (Å²) in [5, 5.41) is 3.18. The molecule has 0 aliphatic carbocycles. The predicted octanol–water partition coefficient (Wildman–Crippen LogP) is 1.99. The maximum Gasteiger partial charge on any atom is 0.264 e. The molecule has 0 saturated carbocycles. The summed E-state index contributed by atoms with van der Waals surface area (Å²) >= 11 is 2.24. The third kappa shape index (κ3) is 5.78. The highest BCUT2D eigenvalue weighted by Crippen LogP contribution is 2.19. The van der Waals surface area contributed by atoms with Crippen LogP contribution in [0.4, 0.5) is 0 Å². The van der Waals surface area contributed by atoms with Crippen molar-refractivity contribution in [1.29, 1.82) is 0 Å². The van der Waals surface area contributed by atoms with Crippen LogP contribution in [0, 0.1) is 0 Å². The fourth-order valence-electron chi connectivity index (χ4n) is 1.22. The summed E-state index contributed by atoms with van der Waals surface area (Å²) in [4.78, 5) is 0. The molecule has 0 aliphatic heterocycles. The first kappa shape index (κ1) is 13.9. The average Bonchev–Trinajstić information content (AvgIpc) is 2.24. The third-order valence-electron chi connectivity index (χ3n) is 1.99. The number of hydrogen-bond donors (Lipinski definition) is 2. The number of rotatable bonds is 6. The topological polar surface area (TPSA) is 66.4 Å². The first-order valence-corrected chi connectivity index (χ1v) is 7.72. The van der Waals surface area contributed by atoms with Crippen molar-refractivity contribution in [2.24, 2.45) is 0 Å². The van der Waals surface area contributed by atoms with Crippen LogP contribution in [0.5, 0.6) is 0 Å². The van der Waals surface area contributed by atoms with Gasteiger partial charge in [0.2, 0.25) is 0 Å². The van der Waals surface area contributed by atoms with E-state index in [2.05, 4.69) is 27.9 Å². The normalized spacial score (nSPS) is 13.6. The van der Waals surface area contributed by atoms with E-state index in [0.717, 1.165) is 5.56 Å². The molecule has 0 fully saturated rings. The molecule has 1 aromatic rings. The molecule has 1 atom stereocenters. The predicted molar refractivity (Wildman–Crippen MR) is 72.2 cm³/mol. The summed E-state index contributed by atoms with van der Waals surface area (Å²) in [5.74, 6) is -0.196. The van der Waals surface area contributed by atoms with Gasteiger partial charge in [-0.15, -0.1) is 0 Å². The molecule has 0 spiro atoms. The van der Waals surface area contributed by atoms with E-state index in [0.29, 0.717) is 13.0 Å². The number of halogens is 1. The number of alkyl halides is 1. The van der Waals surface area contributed by atoms with Crippen LogP contribution in [0.2, 0.25) is 0 Å². The molecular weight excluding hydrogens is 341 g/mol. The third-order valence-corrected chi connectivity index (χ3v) is 3.96. The highest BCUT2D eigenvalue weighted by molar-refractivity contribution is 14.1. The standard InChI is InChI=1S/C10H14INO3S/c11-10(9-5-2-1-3-6-9)12-7-4-8-16(13,14)15/h1-3,5-6,10,12H,4,7-8H2,(H,13,14,15)/t10-/m0/s1. The van der Waals surface area contributed by atoms with Gasteiger partial charge in [-0.3, -0.25) is 4.55 Å². The van der Waals surface area contributed by atoms with Crippen LogP contribution in [0.15, 0.2) is 30.3 Å². The van der Waals surface area contributed by atoms with Crippen molar-refractivity contribution < 1.29 is 13.0 Å². The molecule has 6 heteroatoms. The molecule has 2 N–H and O–H groups in total. The zero-order valence-corrected chi connectivity index (χ0v) is 11.6. The molecule has 4 nitrogen and oxygen atoms in total. The maximum absolute atomic E-state index is 10.5. The second kappa shape index (κ2) is 6.53. The highest BCUT2D eigenvalue weighted by atomic mass is 127. The molecule has 0 heterocycles. The molecule has 0 amide bonds. The summed E-state index contributed by atoms with van der Waals surface area (Å²) in [5.41, 5.74) is 1.15. The molecule has 0 aliphatic rings. The fourth-order valence-corrected chi connectivity index (χ4v) is 2.46. The number of benzene rings is 1. The van der Waals surface area contributed by atoms with Gasteiger partial charge in [0.15, 0.2) is 0 Å². The molecule has 90 valence electrons. The Kier molecular flexibility index (Phi) is 5.67. The lowest BCUT2D eigenvalue weighted by Crippen LogP contribution is -2.20. The van der Waals surface area contributed by atoms with Crippen LogP contribution in [0.3, 0.4) is 0 Å². The van der Waals surface area contributed by atoms with Gasteiger partial charge in [-0.05, 0) is 18.5 Å². The molecular formula is C10H14INO3S. The average molecular weight is 355 g/mol. The van der Waals surface area contributed by atoms with E-state index in [9.17, 15) is 8.42 Å². The Bertz CT molecular complexity index is 407. The first-order valence-electron chi connectivity index (χ1n) is 4.86. The molecule has 1 rings (SSSR count). The minimum absolute atomic E-state index is 0.153. The van der Waals surface area contributed by atoms with Crippen molar-refractivity contribution in [3.8, 4) is 0 Å². The molecule has 0 aromatic heterocycles. The Morgan fingerprint density at radius 1 is 1.31 bits per heavy atom. The monoisotopic (exact) mass is 355 g/mol. The highest BCUT2D eigenvalue weighted by Gasteiger charge is 2.07. The van der Waals surface area contributed by atoms with Crippen molar-refractivity contribution in [2.75, 3.05) is 12.3 Å². The van der Waals surface area contributed by atoms with Gasteiger partial charge in [0, 0.05) is 0 Å². The van der Waals surface area contributed by atoms with Gasteiger partial charge in [-0.2, -0.15) is 8.42 Å². The van der Waals surface area contributed by atoms with Crippen molar-refractivity contribution in [1.82, 2.24) is 5.32 Å². The maximum atomic E-state index is 10.5. The second-order valence-corrected chi connectivity index (χ2v) is 6.18. The Labute approximate surface area is 109 Å². The van der Waals surface area contributed by atoms with Crippen molar-refractivity contribution in [3.63, 3.8) is 0 Å². The smallest absolute Gasteiger partial charge is 0.264 e. The Morgan fingerprint density at radius 2 is 1.94 bits per heavy atom. The van der Waals surface area contributed by atoms with Crippen molar-refractivity contribution >= 4 is 32.7 Å². The summed E-state index contributed by atoms with van der Waals surface area (Å²) in [6, 6.07) is 9.88. The molecule has 16 heavy (non-hydrogen) atoms. The van der Waals surface area contributed by atoms with E-state index in [-0.39, 0.29) is 9.80 Å². The lowest BCUT2D eigenvalue weighted by Gasteiger charge is -2.11. The lowest BCUT2D eigenvalue weighted by atomic mass is 10.2. The van der Waals surface area contributed by atoms with Gasteiger partial charge in [0.25, 0.3) is 10.1 Å².